The number of carbonyl (C=O) groups excluding carboxylic acids is 1. The Balaban J connectivity index is 2.03. The number of carbonyl (C=O) groups is 1. The molecule has 1 saturated heterocycles. The fourth-order valence-corrected chi connectivity index (χ4v) is 2.88. The maximum Gasteiger partial charge on any atom is 0.180 e. The van der Waals surface area contributed by atoms with Gasteiger partial charge in [-0.3, -0.25) is 9.69 Å². The zero-order chi connectivity index (χ0) is 14.5. The van der Waals surface area contributed by atoms with Gasteiger partial charge in [0.25, 0.3) is 0 Å². The van der Waals surface area contributed by atoms with Crippen molar-refractivity contribution in [2.75, 3.05) is 40.8 Å². The number of ether oxygens (including phenoxy) is 1. The van der Waals surface area contributed by atoms with Crippen LogP contribution in [0, 0.1) is 0 Å². The summed E-state index contributed by atoms with van der Waals surface area (Å²) in [5.74, 6) is 0.814. The second-order valence-corrected chi connectivity index (χ2v) is 5.65. The largest absolute Gasteiger partial charge is 0.496 e. The van der Waals surface area contributed by atoms with Crippen LogP contribution in [-0.2, 0) is 0 Å². The highest BCUT2D eigenvalue weighted by Gasteiger charge is 2.27. The van der Waals surface area contributed by atoms with Crippen molar-refractivity contribution in [1.29, 1.82) is 0 Å². The number of likely N-dealkylation sites (tertiary alicyclic amines) is 1. The molecule has 4 heteroatoms. The average Bonchev–Trinajstić information content (AvgIpc) is 2.85. The normalized spacial score (nSPS) is 19.5. The van der Waals surface area contributed by atoms with Gasteiger partial charge in [-0.2, -0.15) is 0 Å². The third-order valence-corrected chi connectivity index (χ3v) is 3.83. The van der Waals surface area contributed by atoms with E-state index in [9.17, 15) is 4.79 Å². The van der Waals surface area contributed by atoms with Crippen LogP contribution in [0.2, 0.25) is 0 Å². The molecule has 0 saturated carbocycles. The highest BCUT2D eigenvalue weighted by molar-refractivity contribution is 6.00. The van der Waals surface area contributed by atoms with E-state index in [2.05, 4.69) is 23.9 Å². The molecule has 0 aliphatic carbocycles. The smallest absolute Gasteiger partial charge is 0.180 e. The maximum atomic E-state index is 12.5. The van der Waals surface area contributed by atoms with Gasteiger partial charge in [0.1, 0.15) is 5.75 Å². The summed E-state index contributed by atoms with van der Waals surface area (Å²) in [5, 5.41) is 0. The number of methoxy groups -OCH3 is 1. The van der Waals surface area contributed by atoms with Gasteiger partial charge in [0.15, 0.2) is 5.78 Å². The highest BCUT2D eigenvalue weighted by Crippen LogP contribution is 2.21. The van der Waals surface area contributed by atoms with E-state index in [4.69, 9.17) is 4.74 Å². The first-order valence-corrected chi connectivity index (χ1v) is 7.17. The van der Waals surface area contributed by atoms with Gasteiger partial charge in [-0.05, 0) is 45.6 Å². The molecule has 0 N–H and O–H groups in total. The summed E-state index contributed by atoms with van der Waals surface area (Å²) in [6.45, 7) is 2.51. The Bertz CT molecular complexity index is 460. The van der Waals surface area contributed by atoms with Gasteiger partial charge in [-0.1, -0.05) is 12.1 Å². The molecule has 1 fully saturated rings. The number of nitrogens with zero attached hydrogens (tertiary/aromatic N) is 2. The summed E-state index contributed by atoms with van der Waals surface area (Å²) in [7, 11) is 5.77. The molecule has 1 aliphatic rings. The minimum Gasteiger partial charge on any atom is -0.496 e. The monoisotopic (exact) mass is 276 g/mol. The van der Waals surface area contributed by atoms with Crippen molar-refractivity contribution in [3.63, 3.8) is 0 Å². The molecule has 4 nitrogen and oxygen atoms in total. The first-order chi connectivity index (χ1) is 9.61. The fraction of sp³-hybridized carbons (Fsp3) is 0.562. The van der Waals surface area contributed by atoms with Gasteiger partial charge in [-0.15, -0.1) is 0 Å². The van der Waals surface area contributed by atoms with Crippen molar-refractivity contribution < 1.29 is 9.53 Å². The molecule has 2 rings (SSSR count). The number of ketones is 1. The van der Waals surface area contributed by atoms with Crippen molar-refractivity contribution in [2.24, 2.45) is 0 Å². The topological polar surface area (TPSA) is 32.8 Å². The van der Waals surface area contributed by atoms with Gasteiger partial charge in [0, 0.05) is 12.6 Å². The zero-order valence-corrected chi connectivity index (χ0v) is 12.6. The Labute approximate surface area is 121 Å². The Morgan fingerprint density at radius 2 is 2.15 bits per heavy atom. The van der Waals surface area contributed by atoms with Crippen LogP contribution in [0.3, 0.4) is 0 Å². The summed E-state index contributed by atoms with van der Waals surface area (Å²) >= 11 is 0. The van der Waals surface area contributed by atoms with E-state index < -0.39 is 0 Å². The molecule has 1 aliphatic heterocycles. The molecule has 1 aromatic rings. The molecule has 110 valence electrons. The number of para-hydroxylation sites is 1. The molecular formula is C16H24N2O2. The minimum atomic E-state index is 0.146. The second kappa shape index (κ2) is 6.86. The van der Waals surface area contributed by atoms with Crippen LogP contribution in [0.15, 0.2) is 24.3 Å². The standard InChI is InChI=1S/C16H24N2O2/c1-17(2)11-13-7-6-10-18(13)12-15(19)14-8-4-5-9-16(14)20-3/h4-5,8-9,13H,6-7,10-12H2,1-3H3. The fourth-order valence-electron chi connectivity index (χ4n) is 2.88. The Hall–Kier alpha value is -1.39. The molecule has 1 unspecified atom stereocenters. The van der Waals surface area contributed by atoms with Crippen molar-refractivity contribution in [3.05, 3.63) is 29.8 Å². The molecule has 0 amide bonds. The van der Waals surface area contributed by atoms with Crippen molar-refractivity contribution >= 4 is 5.78 Å². The van der Waals surface area contributed by atoms with E-state index in [-0.39, 0.29) is 5.78 Å². The average molecular weight is 276 g/mol. The molecule has 1 heterocycles. The van der Waals surface area contributed by atoms with E-state index in [0.717, 1.165) is 13.1 Å². The second-order valence-electron chi connectivity index (χ2n) is 5.65. The van der Waals surface area contributed by atoms with Crippen LogP contribution in [0.25, 0.3) is 0 Å². The van der Waals surface area contributed by atoms with Crippen LogP contribution in [0.5, 0.6) is 5.75 Å². The number of likely N-dealkylation sites (N-methyl/N-ethyl adjacent to an activating group) is 1. The van der Waals surface area contributed by atoms with Gasteiger partial charge in [0.05, 0.1) is 19.2 Å². The molecular weight excluding hydrogens is 252 g/mol. The number of hydrogen-bond acceptors (Lipinski definition) is 4. The van der Waals surface area contributed by atoms with Crippen LogP contribution in [-0.4, -0.2) is 62.5 Å². The Morgan fingerprint density at radius 1 is 1.40 bits per heavy atom. The van der Waals surface area contributed by atoms with E-state index in [1.807, 2.05) is 24.3 Å². The third kappa shape index (κ3) is 3.58. The van der Waals surface area contributed by atoms with Crippen LogP contribution in [0.4, 0.5) is 0 Å². The van der Waals surface area contributed by atoms with E-state index >= 15 is 0 Å². The molecule has 1 atom stereocenters. The van der Waals surface area contributed by atoms with Crippen LogP contribution >= 0.6 is 0 Å². The van der Waals surface area contributed by atoms with Crippen molar-refractivity contribution in [3.8, 4) is 5.75 Å². The first-order valence-electron chi connectivity index (χ1n) is 7.17. The summed E-state index contributed by atoms with van der Waals surface area (Å²) in [5.41, 5.74) is 0.686. The van der Waals surface area contributed by atoms with Crippen LogP contribution in [0.1, 0.15) is 23.2 Å². The van der Waals surface area contributed by atoms with E-state index in [1.165, 1.54) is 12.8 Å². The number of benzene rings is 1. The quantitative estimate of drug-likeness (QED) is 0.743. The SMILES string of the molecule is COc1ccccc1C(=O)CN1CCCC1CN(C)C. The first kappa shape index (κ1) is 15.0. The van der Waals surface area contributed by atoms with Gasteiger partial charge >= 0.3 is 0 Å². The lowest BCUT2D eigenvalue weighted by Crippen LogP contribution is -2.40. The molecule has 1 aromatic carbocycles. The van der Waals surface area contributed by atoms with E-state index in [1.54, 1.807) is 7.11 Å². The number of Topliss-reactive ketones (excluding diaryl/α,β-unsaturated/α-hetero) is 1. The Kier molecular flexibility index (Phi) is 5.15. The molecule has 0 bridgehead atoms. The molecule has 0 aromatic heterocycles. The van der Waals surface area contributed by atoms with Crippen LogP contribution < -0.4 is 4.74 Å². The predicted molar refractivity (Wildman–Crippen MR) is 80.5 cm³/mol. The Morgan fingerprint density at radius 3 is 2.85 bits per heavy atom. The highest BCUT2D eigenvalue weighted by atomic mass is 16.5. The maximum absolute atomic E-state index is 12.5. The summed E-state index contributed by atoms with van der Waals surface area (Å²) in [6.07, 6.45) is 2.36. The minimum absolute atomic E-state index is 0.146. The summed E-state index contributed by atoms with van der Waals surface area (Å²) in [4.78, 5) is 17.0. The third-order valence-electron chi connectivity index (χ3n) is 3.83. The van der Waals surface area contributed by atoms with Gasteiger partial charge in [0.2, 0.25) is 0 Å². The lowest BCUT2D eigenvalue weighted by atomic mass is 10.1. The number of hydrogen-bond donors (Lipinski definition) is 0. The number of rotatable bonds is 6. The van der Waals surface area contributed by atoms with E-state index in [0.29, 0.717) is 23.9 Å². The van der Waals surface area contributed by atoms with Gasteiger partial charge < -0.3 is 9.64 Å². The van der Waals surface area contributed by atoms with Crippen molar-refractivity contribution in [1.82, 2.24) is 9.80 Å². The lowest BCUT2D eigenvalue weighted by molar-refractivity contribution is 0.0907. The summed E-state index contributed by atoms with van der Waals surface area (Å²) < 4.78 is 5.27. The predicted octanol–water partition coefficient (Wildman–Crippen LogP) is 1.90. The zero-order valence-electron chi connectivity index (χ0n) is 12.6. The molecule has 0 radical (unpaired) electrons. The van der Waals surface area contributed by atoms with Gasteiger partial charge in [-0.25, -0.2) is 0 Å². The summed E-state index contributed by atoms with van der Waals surface area (Å²) in [6, 6.07) is 7.95. The molecule has 20 heavy (non-hydrogen) atoms. The van der Waals surface area contributed by atoms with Crippen molar-refractivity contribution in [2.45, 2.75) is 18.9 Å². The lowest BCUT2D eigenvalue weighted by Gasteiger charge is -2.26. The molecule has 0 spiro atoms.